The van der Waals surface area contributed by atoms with Crippen LogP contribution in [-0.4, -0.2) is 38.6 Å². The molecule has 6 nitrogen and oxygen atoms in total. The van der Waals surface area contributed by atoms with Crippen LogP contribution in [0.15, 0.2) is 29.4 Å². The summed E-state index contributed by atoms with van der Waals surface area (Å²) >= 11 is 7.01. The fourth-order valence-electron chi connectivity index (χ4n) is 1.82. The van der Waals surface area contributed by atoms with Gasteiger partial charge >= 0.3 is 6.18 Å². The molecule has 0 saturated carbocycles. The van der Waals surface area contributed by atoms with E-state index in [9.17, 15) is 18.0 Å². The van der Waals surface area contributed by atoms with Crippen LogP contribution in [0.25, 0.3) is 0 Å². The summed E-state index contributed by atoms with van der Waals surface area (Å²) in [7, 11) is 1.67. The van der Waals surface area contributed by atoms with E-state index in [2.05, 4.69) is 10.2 Å². The van der Waals surface area contributed by atoms with Crippen molar-refractivity contribution in [3.05, 3.63) is 35.1 Å². The van der Waals surface area contributed by atoms with Crippen molar-refractivity contribution in [1.29, 1.82) is 0 Å². The molecule has 2 rings (SSSR count). The molecule has 26 heavy (non-hydrogen) atoms. The van der Waals surface area contributed by atoms with Gasteiger partial charge in [-0.15, -0.1) is 10.2 Å². The van der Waals surface area contributed by atoms with Crippen LogP contribution in [0.2, 0.25) is 5.02 Å². The SMILES string of the molecule is CC(Sc1nnc(COc2ccccc2Cl)n1C)C(=O)NCC(F)(F)F. The number of alkyl halides is 3. The monoisotopic (exact) mass is 408 g/mol. The number of benzene rings is 1. The smallest absolute Gasteiger partial charge is 0.405 e. The molecule has 1 unspecified atom stereocenters. The number of hydrogen-bond donors (Lipinski definition) is 1. The lowest BCUT2D eigenvalue weighted by molar-refractivity contribution is -0.137. The minimum absolute atomic E-state index is 0.0996. The van der Waals surface area contributed by atoms with E-state index < -0.39 is 23.9 Å². The average Bonchev–Trinajstić information content (AvgIpc) is 2.91. The topological polar surface area (TPSA) is 69.0 Å². The van der Waals surface area contributed by atoms with E-state index >= 15 is 0 Å². The van der Waals surface area contributed by atoms with E-state index in [-0.39, 0.29) is 6.61 Å². The molecule has 1 amide bonds. The first kappa shape index (κ1) is 20.4. The summed E-state index contributed by atoms with van der Waals surface area (Å²) in [6, 6.07) is 6.95. The van der Waals surface area contributed by atoms with Gasteiger partial charge in [-0.2, -0.15) is 13.2 Å². The number of rotatable bonds is 7. The van der Waals surface area contributed by atoms with Gasteiger partial charge in [0.1, 0.15) is 18.9 Å². The van der Waals surface area contributed by atoms with Crippen LogP contribution in [0.1, 0.15) is 12.7 Å². The molecule has 1 aromatic carbocycles. The number of nitrogens with one attached hydrogen (secondary N) is 1. The van der Waals surface area contributed by atoms with Gasteiger partial charge in [-0.25, -0.2) is 0 Å². The third-order valence-electron chi connectivity index (χ3n) is 3.23. The van der Waals surface area contributed by atoms with Gasteiger partial charge in [-0.1, -0.05) is 35.5 Å². The fraction of sp³-hybridized carbons (Fsp3) is 0.400. The van der Waals surface area contributed by atoms with Crippen molar-refractivity contribution in [3.63, 3.8) is 0 Å². The van der Waals surface area contributed by atoms with Crippen molar-refractivity contribution in [2.75, 3.05) is 6.54 Å². The van der Waals surface area contributed by atoms with Crippen LogP contribution >= 0.6 is 23.4 Å². The minimum Gasteiger partial charge on any atom is -0.484 e. The zero-order chi connectivity index (χ0) is 19.3. The molecular weight excluding hydrogens is 393 g/mol. The molecule has 1 N–H and O–H groups in total. The Balaban J connectivity index is 1.93. The average molecular weight is 409 g/mol. The molecule has 1 aromatic heterocycles. The van der Waals surface area contributed by atoms with Gasteiger partial charge in [-0.3, -0.25) is 4.79 Å². The van der Waals surface area contributed by atoms with Gasteiger partial charge in [0.25, 0.3) is 0 Å². The Kier molecular flexibility index (Phi) is 6.76. The van der Waals surface area contributed by atoms with Crippen molar-refractivity contribution in [2.24, 2.45) is 7.05 Å². The zero-order valence-electron chi connectivity index (χ0n) is 13.9. The highest BCUT2D eigenvalue weighted by Gasteiger charge is 2.29. The number of para-hydroxylation sites is 1. The number of thioether (sulfide) groups is 1. The normalized spacial score (nSPS) is 12.7. The van der Waals surface area contributed by atoms with E-state index in [0.717, 1.165) is 11.8 Å². The Labute approximate surface area is 157 Å². The van der Waals surface area contributed by atoms with Crippen LogP contribution in [0, 0.1) is 0 Å². The lowest BCUT2D eigenvalue weighted by Gasteiger charge is -2.13. The van der Waals surface area contributed by atoms with E-state index in [0.29, 0.717) is 21.8 Å². The van der Waals surface area contributed by atoms with Crippen molar-refractivity contribution < 1.29 is 22.7 Å². The highest BCUT2D eigenvalue weighted by Crippen LogP contribution is 2.25. The number of nitrogens with zero attached hydrogens (tertiary/aromatic N) is 3. The van der Waals surface area contributed by atoms with Crippen molar-refractivity contribution >= 4 is 29.3 Å². The first-order valence-corrected chi connectivity index (χ1v) is 8.70. The minimum atomic E-state index is -4.45. The summed E-state index contributed by atoms with van der Waals surface area (Å²) < 4.78 is 43.6. The largest absolute Gasteiger partial charge is 0.484 e. The Morgan fingerprint density at radius 1 is 1.38 bits per heavy atom. The second kappa shape index (κ2) is 8.63. The van der Waals surface area contributed by atoms with E-state index in [1.165, 1.54) is 6.92 Å². The second-order valence-electron chi connectivity index (χ2n) is 5.27. The first-order valence-electron chi connectivity index (χ1n) is 7.44. The maximum atomic E-state index is 12.2. The standard InChI is InChI=1S/C15H16ClF3N4O2S/c1-9(13(24)20-8-15(17,18)19)26-14-22-21-12(23(14)2)7-25-11-6-4-3-5-10(11)16/h3-6,9H,7-8H2,1-2H3,(H,20,24). The predicted molar refractivity (Wildman–Crippen MR) is 91.2 cm³/mol. The summed E-state index contributed by atoms with van der Waals surface area (Å²) in [4.78, 5) is 11.7. The van der Waals surface area contributed by atoms with Gasteiger partial charge in [-0.05, 0) is 19.1 Å². The predicted octanol–water partition coefficient (Wildman–Crippen LogP) is 3.21. The number of halogens is 4. The molecule has 0 bridgehead atoms. The molecule has 1 atom stereocenters. The molecule has 142 valence electrons. The third kappa shape index (κ3) is 5.80. The second-order valence-corrected chi connectivity index (χ2v) is 6.99. The van der Waals surface area contributed by atoms with Gasteiger partial charge in [0.2, 0.25) is 5.91 Å². The van der Waals surface area contributed by atoms with Crippen LogP contribution in [0.4, 0.5) is 13.2 Å². The van der Waals surface area contributed by atoms with Gasteiger partial charge in [0, 0.05) is 7.05 Å². The van der Waals surface area contributed by atoms with Crippen molar-refractivity contribution in [3.8, 4) is 5.75 Å². The van der Waals surface area contributed by atoms with Crippen LogP contribution in [-0.2, 0) is 18.4 Å². The number of carbonyl (C=O) groups excluding carboxylic acids is 1. The maximum Gasteiger partial charge on any atom is 0.405 e. The Hall–Kier alpha value is -1.94. The lowest BCUT2D eigenvalue weighted by atomic mass is 10.3. The van der Waals surface area contributed by atoms with Crippen molar-refractivity contribution in [1.82, 2.24) is 20.1 Å². The molecule has 11 heteroatoms. The molecule has 0 saturated heterocycles. The summed E-state index contributed by atoms with van der Waals surface area (Å²) in [5.41, 5.74) is 0. The van der Waals surface area contributed by atoms with Gasteiger partial charge in [0.05, 0.1) is 10.3 Å². The van der Waals surface area contributed by atoms with Gasteiger partial charge < -0.3 is 14.6 Å². The Morgan fingerprint density at radius 2 is 2.08 bits per heavy atom. The highest BCUT2D eigenvalue weighted by molar-refractivity contribution is 8.00. The molecule has 0 spiro atoms. The van der Waals surface area contributed by atoms with E-state index in [1.807, 2.05) is 5.32 Å². The Morgan fingerprint density at radius 3 is 2.73 bits per heavy atom. The molecule has 1 heterocycles. The summed E-state index contributed by atoms with van der Waals surface area (Å²) in [6.07, 6.45) is -4.45. The maximum absolute atomic E-state index is 12.2. The summed E-state index contributed by atoms with van der Waals surface area (Å²) in [5.74, 6) is 0.241. The number of carbonyl (C=O) groups is 1. The molecular formula is C15H16ClF3N4O2S. The van der Waals surface area contributed by atoms with Crippen molar-refractivity contribution in [2.45, 2.75) is 30.1 Å². The van der Waals surface area contributed by atoms with E-state index in [4.69, 9.17) is 16.3 Å². The Bertz CT molecular complexity index is 770. The fourth-order valence-corrected chi connectivity index (χ4v) is 2.87. The first-order chi connectivity index (χ1) is 12.2. The molecule has 0 aliphatic carbocycles. The van der Waals surface area contributed by atoms with Crippen LogP contribution in [0.3, 0.4) is 0 Å². The molecule has 2 aromatic rings. The van der Waals surface area contributed by atoms with E-state index in [1.54, 1.807) is 35.9 Å². The van der Waals surface area contributed by atoms with Crippen LogP contribution in [0.5, 0.6) is 5.75 Å². The molecule has 0 aliphatic rings. The number of aromatic nitrogens is 3. The third-order valence-corrected chi connectivity index (χ3v) is 4.68. The quantitative estimate of drug-likeness (QED) is 0.712. The molecule has 0 radical (unpaired) electrons. The lowest BCUT2D eigenvalue weighted by Crippen LogP contribution is -2.38. The summed E-state index contributed by atoms with van der Waals surface area (Å²) in [5, 5.41) is 9.83. The highest BCUT2D eigenvalue weighted by atomic mass is 35.5. The van der Waals surface area contributed by atoms with Crippen LogP contribution < -0.4 is 10.1 Å². The molecule has 0 aliphatic heterocycles. The zero-order valence-corrected chi connectivity index (χ0v) is 15.5. The molecule has 0 fully saturated rings. The number of hydrogen-bond acceptors (Lipinski definition) is 5. The summed E-state index contributed by atoms with van der Waals surface area (Å²) in [6.45, 7) is 0.222. The number of ether oxygens (including phenoxy) is 1. The number of amides is 1. The van der Waals surface area contributed by atoms with Gasteiger partial charge in [0.15, 0.2) is 11.0 Å².